The Morgan fingerprint density at radius 1 is 1.30 bits per heavy atom. The largest absolute Gasteiger partial charge is 0.481 e. The highest BCUT2D eigenvalue weighted by atomic mass is 79.9. The molecule has 0 saturated heterocycles. The van der Waals surface area contributed by atoms with Gasteiger partial charge in [-0.25, -0.2) is 0 Å². The van der Waals surface area contributed by atoms with Crippen LogP contribution in [0.15, 0.2) is 22.7 Å². The highest BCUT2D eigenvalue weighted by Gasteiger charge is 2.38. The molecule has 1 aromatic carbocycles. The van der Waals surface area contributed by atoms with Crippen LogP contribution in [0, 0.1) is 0 Å². The number of carbonyl (C=O) groups is 3. The summed E-state index contributed by atoms with van der Waals surface area (Å²) in [6.45, 7) is 1.76. The molecule has 5 nitrogen and oxygen atoms in total. The van der Waals surface area contributed by atoms with Gasteiger partial charge in [0.2, 0.25) is 0 Å². The normalized spacial score (nSPS) is 15.4. The van der Waals surface area contributed by atoms with Crippen LogP contribution in [0.1, 0.15) is 46.9 Å². The second-order valence-corrected chi connectivity index (χ2v) is 5.72. The summed E-state index contributed by atoms with van der Waals surface area (Å²) in [5.41, 5.74) is 0.803. The fourth-order valence-electron chi connectivity index (χ4n) is 2.31. The van der Waals surface area contributed by atoms with Gasteiger partial charge in [-0.2, -0.15) is 0 Å². The van der Waals surface area contributed by atoms with Crippen LogP contribution in [0.4, 0.5) is 0 Å². The van der Waals surface area contributed by atoms with Crippen molar-refractivity contribution in [3.05, 3.63) is 33.8 Å². The average Bonchev–Trinajstić information content (AvgIpc) is 2.61. The summed E-state index contributed by atoms with van der Waals surface area (Å²) in [6, 6.07) is 4.69. The monoisotopic (exact) mass is 339 g/mol. The lowest BCUT2D eigenvalue weighted by Gasteiger charge is -2.22. The lowest BCUT2D eigenvalue weighted by molar-refractivity contribution is -0.137. The first-order valence-electron chi connectivity index (χ1n) is 6.31. The SMILES string of the molecule is CC(CCCC(=O)O)N1C(=O)c2ccc(Br)cc2C1=O. The van der Waals surface area contributed by atoms with Crippen LogP contribution >= 0.6 is 15.9 Å². The Bertz CT molecular complexity index is 585. The van der Waals surface area contributed by atoms with E-state index in [2.05, 4.69) is 15.9 Å². The van der Waals surface area contributed by atoms with Gasteiger partial charge < -0.3 is 5.11 Å². The van der Waals surface area contributed by atoms with E-state index in [4.69, 9.17) is 5.11 Å². The van der Waals surface area contributed by atoms with Crippen LogP contribution in [0.3, 0.4) is 0 Å². The maximum atomic E-state index is 12.3. The Hall–Kier alpha value is -1.69. The molecule has 1 N–H and O–H groups in total. The third kappa shape index (κ3) is 2.75. The molecule has 1 aliphatic rings. The van der Waals surface area contributed by atoms with E-state index < -0.39 is 5.97 Å². The van der Waals surface area contributed by atoms with Gasteiger partial charge in [-0.15, -0.1) is 0 Å². The van der Waals surface area contributed by atoms with Crippen LogP contribution in [0.5, 0.6) is 0 Å². The van der Waals surface area contributed by atoms with Gasteiger partial charge in [0, 0.05) is 16.9 Å². The van der Waals surface area contributed by atoms with Crippen molar-refractivity contribution in [3.63, 3.8) is 0 Å². The van der Waals surface area contributed by atoms with Crippen LogP contribution in [-0.4, -0.2) is 33.8 Å². The molecule has 106 valence electrons. The molecule has 1 heterocycles. The van der Waals surface area contributed by atoms with Crippen molar-refractivity contribution >= 4 is 33.7 Å². The predicted octanol–water partition coefficient (Wildman–Crippen LogP) is 2.69. The van der Waals surface area contributed by atoms with Gasteiger partial charge in [-0.05, 0) is 38.0 Å². The minimum Gasteiger partial charge on any atom is -0.481 e. The smallest absolute Gasteiger partial charge is 0.303 e. The number of halogens is 1. The first kappa shape index (κ1) is 14.7. The van der Waals surface area contributed by atoms with E-state index in [9.17, 15) is 14.4 Å². The summed E-state index contributed by atoms with van der Waals surface area (Å²) in [4.78, 5) is 36.2. The minimum atomic E-state index is -0.872. The van der Waals surface area contributed by atoms with Gasteiger partial charge in [0.15, 0.2) is 0 Å². The van der Waals surface area contributed by atoms with Crippen molar-refractivity contribution in [1.29, 1.82) is 0 Å². The molecule has 1 aromatic rings. The molecule has 2 amide bonds. The van der Waals surface area contributed by atoms with Gasteiger partial charge in [0.25, 0.3) is 11.8 Å². The molecule has 0 aromatic heterocycles. The van der Waals surface area contributed by atoms with E-state index in [1.54, 1.807) is 25.1 Å². The lowest BCUT2D eigenvalue weighted by Crippen LogP contribution is -2.38. The maximum Gasteiger partial charge on any atom is 0.303 e. The molecule has 1 aliphatic heterocycles. The van der Waals surface area contributed by atoms with Crippen LogP contribution in [0.25, 0.3) is 0 Å². The molecule has 0 bridgehead atoms. The van der Waals surface area contributed by atoms with E-state index in [1.165, 1.54) is 4.90 Å². The van der Waals surface area contributed by atoms with Gasteiger partial charge in [-0.1, -0.05) is 15.9 Å². The molecular weight excluding hydrogens is 326 g/mol. The number of nitrogens with zero attached hydrogens (tertiary/aromatic N) is 1. The summed E-state index contributed by atoms with van der Waals surface area (Å²) in [7, 11) is 0. The standard InChI is InChI=1S/C14H14BrNO4/c1-8(3-2-4-12(17)18)16-13(19)10-6-5-9(15)7-11(10)14(16)20/h5-8H,2-4H2,1H3,(H,17,18). The first-order valence-corrected chi connectivity index (χ1v) is 7.10. The van der Waals surface area contributed by atoms with Gasteiger partial charge in [-0.3, -0.25) is 19.3 Å². The zero-order chi connectivity index (χ0) is 14.9. The molecule has 1 unspecified atom stereocenters. The van der Waals surface area contributed by atoms with Crippen molar-refractivity contribution in [2.75, 3.05) is 0 Å². The number of hydrogen-bond donors (Lipinski definition) is 1. The highest BCUT2D eigenvalue weighted by molar-refractivity contribution is 9.10. The third-order valence-electron chi connectivity index (χ3n) is 3.33. The van der Waals surface area contributed by atoms with Crippen LogP contribution in [0.2, 0.25) is 0 Å². The summed E-state index contributed by atoms with van der Waals surface area (Å²) >= 11 is 3.28. The van der Waals surface area contributed by atoms with Crippen molar-refractivity contribution in [2.24, 2.45) is 0 Å². The molecule has 2 rings (SSSR count). The number of hydrogen-bond acceptors (Lipinski definition) is 3. The first-order chi connectivity index (χ1) is 9.41. The summed E-state index contributed by atoms with van der Waals surface area (Å²) in [5.74, 6) is -1.49. The summed E-state index contributed by atoms with van der Waals surface area (Å²) in [5, 5.41) is 8.62. The number of rotatable bonds is 5. The molecule has 6 heteroatoms. The topological polar surface area (TPSA) is 74.7 Å². The maximum absolute atomic E-state index is 12.3. The zero-order valence-corrected chi connectivity index (χ0v) is 12.5. The minimum absolute atomic E-state index is 0.0407. The quantitative estimate of drug-likeness (QED) is 0.837. The number of carbonyl (C=O) groups excluding carboxylic acids is 2. The molecule has 0 spiro atoms. The van der Waals surface area contributed by atoms with Gasteiger partial charge >= 0.3 is 5.97 Å². The van der Waals surface area contributed by atoms with Crippen molar-refractivity contribution < 1.29 is 19.5 Å². The predicted molar refractivity (Wildman–Crippen MR) is 75.6 cm³/mol. The molecule has 0 fully saturated rings. The van der Waals surface area contributed by atoms with E-state index >= 15 is 0 Å². The van der Waals surface area contributed by atoms with Crippen LogP contribution < -0.4 is 0 Å². The van der Waals surface area contributed by atoms with Crippen molar-refractivity contribution in [2.45, 2.75) is 32.2 Å². The zero-order valence-electron chi connectivity index (χ0n) is 10.9. The Labute approximate surface area is 124 Å². The number of benzene rings is 1. The molecular formula is C14H14BrNO4. The number of fused-ring (bicyclic) bond motifs is 1. The third-order valence-corrected chi connectivity index (χ3v) is 3.83. The fraction of sp³-hybridized carbons (Fsp3) is 0.357. The molecule has 0 radical (unpaired) electrons. The number of carboxylic acids is 1. The van der Waals surface area contributed by atoms with Crippen molar-refractivity contribution in [1.82, 2.24) is 4.90 Å². The second-order valence-electron chi connectivity index (χ2n) is 4.81. The second kappa shape index (κ2) is 5.75. The average molecular weight is 340 g/mol. The number of amides is 2. The van der Waals surface area contributed by atoms with Gasteiger partial charge in [0.05, 0.1) is 11.1 Å². The number of aliphatic carboxylic acids is 1. The molecule has 0 aliphatic carbocycles. The fourth-order valence-corrected chi connectivity index (χ4v) is 2.67. The molecule has 20 heavy (non-hydrogen) atoms. The van der Waals surface area contributed by atoms with E-state index in [1.807, 2.05) is 0 Å². The Balaban J connectivity index is 2.13. The number of imide groups is 1. The Morgan fingerprint density at radius 2 is 1.95 bits per heavy atom. The van der Waals surface area contributed by atoms with E-state index in [0.29, 0.717) is 24.0 Å². The Morgan fingerprint density at radius 3 is 2.60 bits per heavy atom. The van der Waals surface area contributed by atoms with Crippen LogP contribution in [-0.2, 0) is 4.79 Å². The Kier molecular flexibility index (Phi) is 4.23. The number of carboxylic acid groups (broad SMARTS) is 1. The van der Waals surface area contributed by atoms with Crippen molar-refractivity contribution in [3.8, 4) is 0 Å². The highest BCUT2D eigenvalue weighted by Crippen LogP contribution is 2.28. The summed E-state index contributed by atoms with van der Waals surface area (Å²) < 4.78 is 0.748. The molecule has 0 saturated carbocycles. The lowest BCUT2D eigenvalue weighted by atomic mass is 10.1. The van der Waals surface area contributed by atoms with E-state index in [0.717, 1.165) is 4.47 Å². The molecule has 1 atom stereocenters. The van der Waals surface area contributed by atoms with Gasteiger partial charge in [0.1, 0.15) is 0 Å². The van der Waals surface area contributed by atoms with E-state index in [-0.39, 0.29) is 24.3 Å². The summed E-state index contributed by atoms with van der Waals surface area (Å²) in [6.07, 6.45) is 0.964.